The monoisotopic (exact) mass is 401 g/mol. The van der Waals surface area contributed by atoms with Gasteiger partial charge in [0.05, 0.1) is 25.8 Å². The van der Waals surface area contributed by atoms with Gasteiger partial charge in [-0.25, -0.2) is 9.59 Å². The second kappa shape index (κ2) is 9.09. The third kappa shape index (κ3) is 4.65. The zero-order valence-corrected chi connectivity index (χ0v) is 16.3. The number of imidazole rings is 1. The van der Waals surface area contributed by atoms with Crippen molar-refractivity contribution in [2.24, 2.45) is 0 Å². The second-order valence-electron chi connectivity index (χ2n) is 6.24. The van der Waals surface area contributed by atoms with E-state index in [-0.39, 0.29) is 30.7 Å². The molecule has 1 aromatic carbocycles. The minimum atomic E-state index is -0.453. The Morgan fingerprint density at radius 1 is 1.24 bits per heavy atom. The van der Waals surface area contributed by atoms with Crippen LogP contribution >= 0.6 is 0 Å². The number of benzene rings is 1. The van der Waals surface area contributed by atoms with Crippen LogP contribution in [0.15, 0.2) is 29.1 Å². The number of hydrogen-bond donors (Lipinski definition) is 2. The molecule has 0 aliphatic heterocycles. The number of rotatable bonds is 9. The summed E-state index contributed by atoms with van der Waals surface area (Å²) in [4.78, 5) is 35.0. The fourth-order valence-electron chi connectivity index (χ4n) is 2.70. The van der Waals surface area contributed by atoms with Gasteiger partial charge in [-0.2, -0.15) is 9.97 Å². The molecule has 0 radical (unpaired) electrons. The van der Waals surface area contributed by atoms with E-state index in [1.54, 1.807) is 24.3 Å². The van der Waals surface area contributed by atoms with Crippen LogP contribution in [0.2, 0.25) is 0 Å². The highest BCUT2D eigenvalue weighted by atomic mass is 16.5. The minimum absolute atomic E-state index is 0.128. The molecule has 0 bridgehead atoms. The molecule has 0 aliphatic rings. The van der Waals surface area contributed by atoms with Gasteiger partial charge in [0.2, 0.25) is 0 Å². The Hall–Kier alpha value is -3.56. The van der Waals surface area contributed by atoms with Crippen molar-refractivity contribution in [2.45, 2.75) is 26.3 Å². The van der Waals surface area contributed by atoms with E-state index in [0.717, 1.165) is 12.8 Å². The van der Waals surface area contributed by atoms with Crippen LogP contribution in [0.5, 0.6) is 11.8 Å². The predicted molar refractivity (Wildman–Crippen MR) is 106 cm³/mol. The molecule has 0 saturated carbocycles. The Bertz CT molecular complexity index is 1060. The lowest BCUT2D eigenvalue weighted by Crippen LogP contribution is -2.21. The molecule has 0 aliphatic carbocycles. The SMILES string of the molecule is CCCCOc1nc(N)c2[nH]c(=O)n(CCOc3cccc(C(=O)OC)c3)c2n1. The lowest BCUT2D eigenvalue weighted by atomic mass is 10.2. The van der Waals surface area contributed by atoms with Crippen LogP contribution in [-0.4, -0.2) is 45.8 Å². The molecule has 154 valence electrons. The third-order valence-corrected chi connectivity index (χ3v) is 4.20. The maximum Gasteiger partial charge on any atom is 0.337 e. The summed E-state index contributed by atoms with van der Waals surface area (Å²) >= 11 is 0. The first-order valence-corrected chi connectivity index (χ1v) is 9.23. The highest BCUT2D eigenvalue weighted by Crippen LogP contribution is 2.18. The number of hydrogen-bond acceptors (Lipinski definition) is 8. The van der Waals surface area contributed by atoms with Crippen molar-refractivity contribution in [3.05, 3.63) is 40.3 Å². The summed E-state index contributed by atoms with van der Waals surface area (Å²) in [5.74, 6) is 0.175. The number of nitrogens with one attached hydrogen (secondary N) is 1. The quantitative estimate of drug-likeness (QED) is 0.409. The summed E-state index contributed by atoms with van der Waals surface area (Å²) in [6.45, 7) is 2.90. The minimum Gasteiger partial charge on any atom is -0.492 e. The summed E-state index contributed by atoms with van der Waals surface area (Å²) in [7, 11) is 1.31. The van der Waals surface area contributed by atoms with Crippen LogP contribution < -0.4 is 20.9 Å². The van der Waals surface area contributed by atoms with Crippen LogP contribution in [-0.2, 0) is 11.3 Å². The number of aromatic amines is 1. The van der Waals surface area contributed by atoms with Gasteiger partial charge in [-0.1, -0.05) is 19.4 Å². The maximum atomic E-state index is 12.3. The molecular formula is C19H23N5O5. The first-order valence-electron chi connectivity index (χ1n) is 9.23. The van der Waals surface area contributed by atoms with Crippen molar-refractivity contribution in [1.82, 2.24) is 19.5 Å². The number of fused-ring (bicyclic) bond motifs is 1. The summed E-state index contributed by atoms with van der Waals surface area (Å²) in [5, 5.41) is 0. The highest BCUT2D eigenvalue weighted by molar-refractivity contribution is 5.89. The Morgan fingerprint density at radius 3 is 2.83 bits per heavy atom. The van der Waals surface area contributed by atoms with E-state index in [1.165, 1.54) is 11.7 Å². The van der Waals surface area contributed by atoms with Gasteiger partial charge in [-0.05, 0) is 24.6 Å². The van der Waals surface area contributed by atoms with E-state index in [1.807, 2.05) is 6.92 Å². The van der Waals surface area contributed by atoms with Crippen molar-refractivity contribution in [1.29, 1.82) is 0 Å². The van der Waals surface area contributed by atoms with Crippen LogP contribution in [0.25, 0.3) is 11.2 Å². The molecule has 2 aromatic heterocycles. The standard InChI is InChI=1S/C19H23N5O5/c1-3-4-9-29-18-22-15(20)14-16(23-18)24(19(26)21-14)8-10-28-13-7-5-6-12(11-13)17(25)27-2/h5-7,11H,3-4,8-10H2,1-2H3,(H,21,26)(H2,20,22,23). The number of aromatic nitrogens is 4. The molecule has 0 saturated heterocycles. The molecule has 0 atom stereocenters. The number of esters is 1. The van der Waals surface area contributed by atoms with Crippen LogP contribution in [0, 0.1) is 0 Å². The number of H-pyrrole nitrogens is 1. The van der Waals surface area contributed by atoms with Gasteiger partial charge in [-0.3, -0.25) is 4.57 Å². The molecule has 10 heteroatoms. The van der Waals surface area contributed by atoms with Gasteiger partial charge < -0.3 is 24.9 Å². The number of methoxy groups -OCH3 is 1. The molecule has 0 unspecified atom stereocenters. The van der Waals surface area contributed by atoms with Crippen LogP contribution in [0.4, 0.5) is 5.82 Å². The molecule has 0 amide bonds. The van der Waals surface area contributed by atoms with Gasteiger partial charge >= 0.3 is 17.7 Å². The summed E-state index contributed by atoms with van der Waals surface area (Å²) < 4.78 is 17.3. The van der Waals surface area contributed by atoms with Crippen molar-refractivity contribution < 1.29 is 19.0 Å². The van der Waals surface area contributed by atoms with E-state index < -0.39 is 5.97 Å². The molecule has 0 fully saturated rings. The second-order valence-corrected chi connectivity index (χ2v) is 6.24. The summed E-state index contributed by atoms with van der Waals surface area (Å²) in [6, 6.07) is 6.73. The van der Waals surface area contributed by atoms with Gasteiger partial charge in [0.25, 0.3) is 0 Å². The van der Waals surface area contributed by atoms with E-state index in [4.69, 9.17) is 19.9 Å². The predicted octanol–water partition coefficient (Wildman–Crippen LogP) is 1.75. The first-order chi connectivity index (χ1) is 14.0. The Morgan fingerprint density at radius 2 is 2.07 bits per heavy atom. The first kappa shape index (κ1) is 20.2. The van der Waals surface area contributed by atoms with E-state index >= 15 is 0 Å². The lowest BCUT2D eigenvalue weighted by molar-refractivity contribution is 0.0600. The number of nitrogen functional groups attached to an aromatic ring is 1. The average Bonchev–Trinajstić information content (AvgIpc) is 3.04. The average molecular weight is 401 g/mol. The van der Waals surface area contributed by atoms with Gasteiger partial charge in [0, 0.05) is 0 Å². The normalized spacial score (nSPS) is 10.8. The number of ether oxygens (including phenoxy) is 3. The number of carbonyl (C=O) groups excluding carboxylic acids is 1. The van der Waals surface area contributed by atoms with Crippen molar-refractivity contribution in [3.8, 4) is 11.8 Å². The smallest absolute Gasteiger partial charge is 0.337 e. The Balaban J connectivity index is 1.75. The van der Waals surface area contributed by atoms with Gasteiger partial charge in [0.15, 0.2) is 11.5 Å². The molecule has 3 rings (SSSR count). The fourth-order valence-corrected chi connectivity index (χ4v) is 2.70. The zero-order chi connectivity index (χ0) is 20.8. The number of anilines is 1. The number of nitrogens with zero attached hydrogens (tertiary/aromatic N) is 3. The van der Waals surface area contributed by atoms with Crippen molar-refractivity contribution >= 4 is 23.0 Å². The topological polar surface area (TPSA) is 134 Å². The third-order valence-electron chi connectivity index (χ3n) is 4.20. The summed E-state index contributed by atoms with van der Waals surface area (Å²) in [6.07, 6.45) is 1.83. The van der Waals surface area contributed by atoms with Crippen LogP contribution in [0.1, 0.15) is 30.1 Å². The molecule has 29 heavy (non-hydrogen) atoms. The van der Waals surface area contributed by atoms with Crippen molar-refractivity contribution in [2.75, 3.05) is 26.1 Å². The molecule has 10 nitrogen and oxygen atoms in total. The van der Waals surface area contributed by atoms with E-state index in [0.29, 0.717) is 29.1 Å². The maximum absolute atomic E-state index is 12.3. The van der Waals surface area contributed by atoms with Crippen LogP contribution in [0.3, 0.4) is 0 Å². The van der Waals surface area contributed by atoms with Gasteiger partial charge in [-0.15, -0.1) is 0 Å². The van der Waals surface area contributed by atoms with E-state index in [9.17, 15) is 9.59 Å². The van der Waals surface area contributed by atoms with Crippen molar-refractivity contribution in [3.63, 3.8) is 0 Å². The zero-order valence-electron chi connectivity index (χ0n) is 16.3. The molecular weight excluding hydrogens is 378 g/mol. The molecule has 0 spiro atoms. The number of unbranched alkanes of at least 4 members (excludes halogenated alkanes) is 1. The van der Waals surface area contributed by atoms with E-state index in [2.05, 4.69) is 15.0 Å². The number of nitrogens with two attached hydrogens (primary N) is 1. The Kier molecular flexibility index (Phi) is 6.32. The largest absolute Gasteiger partial charge is 0.492 e. The highest BCUT2D eigenvalue weighted by Gasteiger charge is 2.15. The fraction of sp³-hybridized carbons (Fsp3) is 0.368. The lowest BCUT2D eigenvalue weighted by Gasteiger charge is -2.09. The summed E-state index contributed by atoms with van der Waals surface area (Å²) in [5.41, 5.74) is 6.63. The molecule has 2 heterocycles. The molecule has 3 aromatic rings. The number of carbonyl (C=O) groups is 1. The Labute approximate surface area is 166 Å². The molecule has 3 N–H and O–H groups in total. The van der Waals surface area contributed by atoms with Gasteiger partial charge in [0.1, 0.15) is 17.9 Å².